The third kappa shape index (κ3) is 3.24. The number of carbonyl (C=O) groups excluding carboxylic acids is 1. The fraction of sp³-hybridized carbons (Fsp3) is 0.900. The molecule has 0 aromatic rings. The molecule has 0 heterocycles. The van der Waals surface area contributed by atoms with E-state index in [9.17, 15) is 4.79 Å². The first-order chi connectivity index (χ1) is 5.53. The zero-order valence-corrected chi connectivity index (χ0v) is 8.31. The van der Waals surface area contributed by atoms with Crippen molar-refractivity contribution in [1.29, 1.82) is 0 Å². The zero-order valence-electron chi connectivity index (χ0n) is 8.31. The molecule has 2 nitrogen and oxygen atoms in total. The van der Waals surface area contributed by atoms with Crippen LogP contribution in [0.5, 0.6) is 0 Å². The standard InChI is InChI=1S/C10H19NO/c1-4-10(2,3)7-9(12)11-8-5-6-8/h8H,4-7H2,1-3H3,(H,11,12). The molecule has 1 aliphatic rings. The maximum Gasteiger partial charge on any atom is 0.220 e. The first kappa shape index (κ1) is 9.56. The minimum Gasteiger partial charge on any atom is -0.353 e. The van der Waals surface area contributed by atoms with Gasteiger partial charge in [0.2, 0.25) is 5.91 Å². The van der Waals surface area contributed by atoms with Crippen LogP contribution in [0.1, 0.15) is 46.5 Å². The molecule has 0 aromatic heterocycles. The van der Waals surface area contributed by atoms with Crippen molar-refractivity contribution in [2.75, 3.05) is 0 Å². The molecule has 1 N–H and O–H groups in total. The normalized spacial score (nSPS) is 17.6. The minimum atomic E-state index is 0.166. The number of carbonyl (C=O) groups is 1. The van der Waals surface area contributed by atoms with Gasteiger partial charge in [0.15, 0.2) is 0 Å². The van der Waals surface area contributed by atoms with Crippen LogP contribution in [0.3, 0.4) is 0 Å². The van der Waals surface area contributed by atoms with Gasteiger partial charge < -0.3 is 5.32 Å². The van der Waals surface area contributed by atoms with Crippen LogP contribution in [0.25, 0.3) is 0 Å². The van der Waals surface area contributed by atoms with E-state index in [1.165, 1.54) is 12.8 Å². The molecule has 1 rings (SSSR count). The van der Waals surface area contributed by atoms with Gasteiger partial charge in [0, 0.05) is 12.5 Å². The van der Waals surface area contributed by atoms with Crippen LogP contribution in [0, 0.1) is 5.41 Å². The first-order valence-electron chi connectivity index (χ1n) is 4.83. The third-order valence-corrected chi connectivity index (χ3v) is 2.54. The largest absolute Gasteiger partial charge is 0.353 e. The quantitative estimate of drug-likeness (QED) is 0.686. The van der Waals surface area contributed by atoms with E-state index in [4.69, 9.17) is 0 Å². The molecule has 0 aromatic carbocycles. The lowest BCUT2D eigenvalue weighted by atomic mass is 9.86. The second-order valence-electron chi connectivity index (χ2n) is 4.54. The Kier molecular flexibility index (Phi) is 2.76. The summed E-state index contributed by atoms with van der Waals surface area (Å²) in [7, 11) is 0. The van der Waals surface area contributed by atoms with Gasteiger partial charge in [-0.3, -0.25) is 4.79 Å². The van der Waals surface area contributed by atoms with E-state index in [2.05, 4.69) is 26.1 Å². The predicted octanol–water partition coefficient (Wildman–Crippen LogP) is 2.09. The number of hydrogen-bond acceptors (Lipinski definition) is 1. The zero-order chi connectivity index (χ0) is 9.19. The number of rotatable bonds is 4. The molecule has 0 aliphatic heterocycles. The molecule has 0 radical (unpaired) electrons. The molecule has 1 saturated carbocycles. The van der Waals surface area contributed by atoms with Crippen molar-refractivity contribution in [3.8, 4) is 0 Å². The summed E-state index contributed by atoms with van der Waals surface area (Å²) < 4.78 is 0. The van der Waals surface area contributed by atoms with Crippen LogP contribution in [-0.2, 0) is 4.79 Å². The molecule has 0 bridgehead atoms. The maximum absolute atomic E-state index is 11.4. The summed E-state index contributed by atoms with van der Waals surface area (Å²) in [5.74, 6) is 0.226. The van der Waals surface area contributed by atoms with Crippen molar-refractivity contribution < 1.29 is 4.79 Å². The van der Waals surface area contributed by atoms with Crippen LogP contribution in [0.4, 0.5) is 0 Å². The van der Waals surface area contributed by atoms with E-state index in [0.717, 1.165) is 6.42 Å². The van der Waals surface area contributed by atoms with E-state index in [1.54, 1.807) is 0 Å². The summed E-state index contributed by atoms with van der Waals surface area (Å²) in [6, 6.07) is 0.505. The second kappa shape index (κ2) is 3.46. The lowest BCUT2D eigenvalue weighted by Crippen LogP contribution is -2.29. The van der Waals surface area contributed by atoms with Crippen LogP contribution in [-0.4, -0.2) is 11.9 Å². The van der Waals surface area contributed by atoms with Gasteiger partial charge in [0.05, 0.1) is 0 Å². The van der Waals surface area contributed by atoms with Crippen molar-refractivity contribution in [2.45, 2.75) is 52.5 Å². The molecule has 1 amide bonds. The molecule has 0 spiro atoms. The lowest BCUT2D eigenvalue weighted by Gasteiger charge is -2.21. The monoisotopic (exact) mass is 169 g/mol. The van der Waals surface area contributed by atoms with Gasteiger partial charge in [0.1, 0.15) is 0 Å². The Hall–Kier alpha value is -0.530. The Balaban J connectivity index is 2.23. The fourth-order valence-electron chi connectivity index (χ4n) is 1.07. The van der Waals surface area contributed by atoms with Gasteiger partial charge >= 0.3 is 0 Å². The Morgan fingerprint density at radius 3 is 2.50 bits per heavy atom. The Morgan fingerprint density at radius 2 is 2.08 bits per heavy atom. The topological polar surface area (TPSA) is 29.1 Å². The highest BCUT2D eigenvalue weighted by atomic mass is 16.1. The average molecular weight is 169 g/mol. The van der Waals surface area contributed by atoms with Gasteiger partial charge in [-0.2, -0.15) is 0 Å². The minimum absolute atomic E-state index is 0.166. The van der Waals surface area contributed by atoms with Gasteiger partial charge in [-0.1, -0.05) is 27.2 Å². The lowest BCUT2D eigenvalue weighted by molar-refractivity contribution is -0.123. The van der Waals surface area contributed by atoms with Crippen molar-refractivity contribution in [1.82, 2.24) is 5.32 Å². The first-order valence-corrected chi connectivity index (χ1v) is 4.83. The molecule has 2 heteroatoms. The van der Waals surface area contributed by atoms with Crippen LogP contribution in [0.15, 0.2) is 0 Å². The van der Waals surface area contributed by atoms with E-state index < -0.39 is 0 Å². The van der Waals surface area contributed by atoms with Gasteiger partial charge in [-0.05, 0) is 18.3 Å². The fourth-order valence-corrected chi connectivity index (χ4v) is 1.07. The van der Waals surface area contributed by atoms with E-state index in [-0.39, 0.29) is 11.3 Å². The highest BCUT2D eigenvalue weighted by Crippen LogP contribution is 2.25. The molecular weight excluding hydrogens is 150 g/mol. The van der Waals surface area contributed by atoms with Gasteiger partial charge in [-0.25, -0.2) is 0 Å². The van der Waals surface area contributed by atoms with E-state index in [1.807, 2.05) is 0 Å². The van der Waals surface area contributed by atoms with E-state index >= 15 is 0 Å². The molecule has 0 saturated heterocycles. The molecule has 1 fully saturated rings. The highest BCUT2D eigenvalue weighted by molar-refractivity contribution is 5.77. The molecule has 1 aliphatic carbocycles. The Labute approximate surface area is 74.7 Å². The van der Waals surface area contributed by atoms with E-state index in [0.29, 0.717) is 12.5 Å². The summed E-state index contributed by atoms with van der Waals surface area (Å²) in [6.07, 6.45) is 4.08. The third-order valence-electron chi connectivity index (χ3n) is 2.54. The number of nitrogens with one attached hydrogen (secondary N) is 1. The van der Waals surface area contributed by atoms with Gasteiger partial charge in [-0.15, -0.1) is 0 Å². The second-order valence-corrected chi connectivity index (χ2v) is 4.54. The van der Waals surface area contributed by atoms with Crippen LogP contribution in [0.2, 0.25) is 0 Å². The summed E-state index contributed by atoms with van der Waals surface area (Å²) in [6.45, 7) is 6.41. The SMILES string of the molecule is CCC(C)(C)CC(=O)NC1CC1. The van der Waals surface area contributed by atoms with Crippen molar-refractivity contribution in [3.05, 3.63) is 0 Å². The highest BCUT2D eigenvalue weighted by Gasteiger charge is 2.26. The number of hydrogen-bond donors (Lipinski definition) is 1. The molecular formula is C10H19NO. The smallest absolute Gasteiger partial charge is 0.220 e. The van der Waals surface area contributed by atoms with Gasteiger partial charge in [0.25, 0.3) is 0 Å². The Bertz CT molecular complexity index is 171. The summed E-state index contributed by atoms with van der Waals surface area (Å²) in [4.78, 5) is 11.4. The molecule has 0 unspecified atom stereocenters. The van der Waals surface area contributed by atoms with Crippen LogP contribution >= 0.6 is 0 Å². The predicted molar refractivity (Wildman–Crippen MR) is 49.9 cm³/mol. The van der Waals surface area contributed by atoms with Crippen molar-refractivity contribution in [2.24, 2.45) is 5.41 Å². The molecule has 12 heavy (non-hydrogen) atoms. The molecule has 0 atom stereocenters. The summed E-state index contributed by atoms with van der Waals surface area (Å²) >= 11 is 0. The van der Waals surface area contributed by atoms with Crippen LogP contribution < -0.4 is 5.32 Å². The van der Waals surface area contributed by atoms with Crippen molar-refractivity contribution in [3.63, 3.8) is 0 Å². The molecule has 70 valence electrons. The average Bonchev–Trinajstić information content (AvgIpc) is 2.70. The summed E-state index contributed by atoms with van der Waals surface area (Å²) in [5, 5.41) is 3.01. The summed E-state index contributed by atoms with van der Waals surface area (Å²) in [5.41, 5.74) is 0.166. The van der Waals surface area contributed by atoms with Crippen molar-refractivity contribution >= 4 is 5.91 Å². The maximum atomic E-state index is 11.4. The number of amides is 1. The Morgan fingerprint density at radius 1 is 1.50 bits per heavy atom.